The quantitative estimate of drug-likeness (QED) is 0.877. The van der Waals surface area contributed by atoms with Crippen LogP contribution in [0.1, 0.15) is 31.2 Å². The monoisotopic (exact) mass is 303 g/mol. The predicted molar refractivity (Wildman–Crippen MR) is 80.1 cm³/mol. The summed E-state index contributed by atoms with van der Waals surface area (Å²) in [6.07, 6.45) is 3.26. The van der Waals surface area contributed by atoms with Gasteiger partial charge in [-0.3, -0.25) is 4.79 Å². The van der Waals surface area contributed by atoms with Crippen molar-refractivity contribution in [1.29, 1.82) is 0 Å². The van der Waals surface area contributed by atoms with Crippen molar-refractivity contribution >= 4 is 12.1 Å². The van der Waals surface area contributed by atoms with Crippen LogP contribution < -0.4 is 5.32 Å². The fourth-order valence-corrected chi connectivity index (χ4v) is 3.83. The SMILES string of the molecule is O=C(NCC1CC(C(=O)O)C12CCC2)OCc1ccccc1. The van der Waals surface area contributed by atoms with Crippen LogP contribution in [0.3, 0.4) is 0 Å². The summed E-state index contributed by atoms with van der Waals surface area (Å²) in [4.78, 5) is 23.0. The Kier molecular flexibility index (Phi) is 4.05. The van der Waals surface area contributed by atoms with E-state index < -0.39 is 12.1 Å². The van der Waals surface area contributed by atoms with E-state index in [9.17, 15) is 14.7 Å². The Morgan fingerprint density at radius 3 is 2.59 bits per heavy atom. The van der Waals surface area contributed by atoms with E-state index in [1.165, 1.54) is 0 Å². The first kappa shape index (κ1) is 14.9. The molecule has 0 aromatic heterocycles. The maximum absolute atomic E-state index is 11.7. The van der Waals surface area contributed by atoms with Crippen LogP contribution in [0.5, 0.6) is 0 Å². The molecule has 118 valence electrons. The molecular weight excluding hydrogens is 282 g/mol. The lowest BCUT2D eigenvalue weighted by Gasteiger charge is -2.60. The Balaban J connectivity index is 1.43. The van der Waals surface area contributed by atoms with Crippen LogP contribution >= 0.6 is 0 Å². The van der Waals surface area contributed by atoms with Crippen LogP contribution in [-0.4, -0.2) is 23.7 Å². The molecule has 0 aliphatic heterocycles. The summed E-state index contributed by atoms with van der Waals surface area (Å²) in [5.74, 6) is -0.650. The fourth-order valence-electron chi connectivity index (χ4n) is 3.83. The highest BCUT2D eigenvalue weighted by atomic mass is 16.5. The molecule has 22 heavy (non-hydrogen) atoms. The fraction of sp³-hybridized carbons (Fsp3) is 0.529. The van der Waals surface area contributed by atoms with Gasteiger partial charge >= 0.3 is 12.1 Å². The third-order valence-electron chi connectivity index (χ3n) is 5.32. The Hall–Kier alpha value is -2.04. The molecule has 2 N–H and O–H groups in total. The van der Waals surface area contributed by atoms with Crippen molar-refractivity contribution < 1.29 is 19.4 Å². The van der Waals surface area contributed by atoms with Gasteiger partial charge in [0.2, 0.25) is 0 Å². The van der Waals surface area contributed by atoms with Gasteiger partial charge in [0.1, 0.15) is 6.61 Å². The molecule has 1 aromatic carbocycles. The molecule has 5 heteroatoms. The summed E-state index contributed by atoms with van der Waals surface area (Å²) >= 11 is 0. The van der Waals surface area contributed by atoms with Crippen molar-refractivity contribution in [3.8, 4) is 0 Å². The third-order valence-corrected chi connectivity index (χ3v) is 5.32. The molecule has 2 saturated carbocycles. The molecule has 3 rings (SSSR count). The number of carbonyl (C=O) groups is 2. The molecule has 2 aliphatic rings. The van der Waals surface area contributed by atoms with Crippen molar-refractivity contribution in [2.45, 2.75) is 32.3 Å². The molecule has 5 nitrogen and oxygen atoms in total. The summed E-state index contributed by atoms with van der Waals surface area (Å²) in [5, 5.41) is 12.0. The van der Waals surface area contributed by atoms with E-state index in [0.717, 1.165) is 24.8 Å². The number of benzene rings is 1. The molecule has 2 aliphatic carbocycles. The van der Waals surface area contributed by atoms with Gasteiger partial charge in [-0.25, -0.2) is 4.79 Å². The predicted octanol–water partition coefficient (Wildman–Crippen LogP) is 2.80. The van der Waals surface area contributed by atoms with Crippen molar-refractivity contribution in [3.63, 3.8) is 0 Å². The van der Waals surface area contributed by atoms with E-state index in [4.69, 9.17) is 4.74 Å². The van der Waals surface area contributed by atoms with Crippen LogP contribution in [0, 0.1) is 17.3 Å². The lowest BCUT2D eigenvalue weighted by atomic mass is 9.44. The minimum Gasteiger partial charge on any atom is -0.481 e. The van der Waals surface area contributed by atoms with Crippen molar-refractivity contribution in [2.24, 2.45) is 17.3 Å². The Morgan fingerprint density at radius 2 is 2.00 bits per heavy atom. The number of amides is 1. The van der Waals surface area contributed by atoms with Crippen LogP contribution in [0.2, 0.25) is 0 Å². The number of ether oxygens (including phenoxy) is 1. The number of hydrogen-bond acceptors (Lipinski definition) is 3. The Morgan fingerprint density at radius 1 is 1.27 bits per heavy atom. The maximum atomic E-state index is 11.7. The van der Waals surface area contributed by atoms with Gasteiger partial charge in [-0.05, 0) is 36.2 Å². The Bertz CT molecular complexity index is 553. The smallest absolute Gasteiger partial charge is 0.407 e. The van der Waals surface area contributed by atoms with E-state index in [-0.39, 0.29) is 23.9 Å². The molecule has 2 atom stereocenters. The van der Waals surface area contributed by atoms with E-state index in [1.54, 1.807) is 0 Å². The minimum absolute atomic E-state index is 0.0709. The van der Waals surface area contributed by atoms with E-state index >= 15 is 0 Å². The van der Waals surface area contributed by atoms with E-state index in [0.29, 0.717) is 13.0 Å². The number of carbonyl (C=O) groups excluding carboxylic acids is 1. The molecular formula is C17H21NO4. The number of alkyl carbamates (subject to hydrolysis) is 1. The molecule has 0 bridgehead atoms. The zero-order valence-electron chi connectivity index (χ0n) is 12.5. The number of rotatable bonds is 5. The second kappa shape index (κ2) is 5.99. The second-order valence-corrected chi connectivity index (χ2v) is 6.35. The van der Waals surface area contributed by atoms with Gasteiger partial charge in [0, 0.05) is 6.54 Å². The van der Waals surface area contributed by atoms with Crippen LogP contribution in [0.25, 0.3) is 0 Å². The zero-order chi connectivity index (χ0) is 15.6. The molecule has 1 amide bonds. The summed E-state index contributed by atoms with van der Waals surface area (Å²) in [7, 11) is 0. The summed E-state index contributed by atoms with van der Waals surface area (Å²) < 4.78 is 5.17. The number of carboxylic acids is 1. The summed E-state index contributed by atoms with van der Waals surface area (Å²) in [5.41, 5.74) is 0.876. The highest BCUT2D eigenvalue weighted by Gasteiger charge is 2.60. The lowest BCUT2D eigenvalue weighted by Crippen LogP contribution is -2.59. The van der Waals surface area contributed by atoms with Crippen molar-refractivity contribution in [1.82, 2.24) is 5.32 Å². The lowest BCUT2D eigenvalue weighted by molar-refractivity contribution is -0.175. The van der Waals surface area contributed by atoms with Gasteiger partial charge in [-0.2, -0.15) is 0 Å². The third kappa shape index (κ3) is 2.67. The largest absolute Gasteiger partial charge is 0.481 e. The first-order valence-corrected chi connectivity index (χ1v) is 7.79. The van der Waals surface area contributed by atoms with Gasteiger partial charge in [-0.15, -0.1) is 0 Å². The number of aliphatic carboxylic acids is 1. The number of carboxylic acid groups (broad SMARTS) is 1. The Labute approximate surface area is 129 Å². The minimum atomic E-state index is -0.692. The molecule has 0 radical (unpaired) electrons. The summed E-state index contributed by atoms with van der Waals surface area (Å²) in [6.45, 7) is 0.762. The molecule has 0 saturated heterocycles. The molecule has 0 heterocycles. The number of hydrogen-bond donors (Lipinski definition) is 2. The van der Waals surface area contributed by atoms with Gasteiger partial charge in [0.25, 0.3) is 0 Å². The number of nitrogens with one attached hydrogen (secondary N) is 1. The van der Waals surface area contributed by atoms with Crippen LogP contribution in [-0.2, 0) is 16.1 Å². The highest BCUT2D eigenvalue weighted by Crippen LogP contribution is 2.63. The van der Waals surface area contributed by atoms with Gasteiger partial charge in [0.15, 0.2) is 0 Å². The first-order chi connectivity index (χ1) is 10.6. The second-order valence-electron chi connectivity index (χ2n) is 6.35. The molecule has 1 spiro atoms. The van der Waals surface area contributed by atoms with E-state index in [2.05, 4.69) is 5.32 Å². The van der Waals surface area contributed by atoms with Gasteiger partial charge in [0.05, 0.1) is 5.92 Å². The maximum Gasteiger partial charge on any atom is 0.407 e. The van der Waals surface area contributed by atoms with Crippen LogP contribution in [0.15, 0.2) is 30.3 Å². The molecule has 1 aromatic rings. The molecule has 2 unspecified atom stereocenters. The normalized spacial score (nSPS) is 24.9. The molecule has 2 fully saturated rings. The standard InChI is InChI=1S/C17H21NO4/c19-15(20)14-9-13(17(14)7-4-8-17)10-18-16(21)22-11-12-5-2-1-3-6-12/h1-3,5-6,13-14H,4,7-11H2,(H,18,21)(H,19,20). The van der Waals surface area contributed by atoms with Gasteiger partial charge < -0.3 is 15.2 Å². The average molecular weight is 303 g/mol. The zero-order valence-corrected chi connectivity index (χ0v) is 12.5. The van der Waals surface area contributed by atoms with E-state index in [1.807, 2.05) is 30.3 Å². The van der Waals surface area contributed by atoms with Gasteiger partial charge in [-0.1, -0.05) is 36.8 Å². The highest BCUT2D eigenvalue weighted by molar-refractivity contribution is 5.73. The average Bonchev–Trinajstić information content (AvgIpc) is 2.43. The topological polar surface area (TPSA) is 75.6 Å². The summed E-state index contributed by atoms with van der Waals surface area (Å²) in [6, 6.07) is 9.52. The first-order valence-electron chi connectivity index (χ1n) is 7.79. The van der Waals surface area contributed by atoms with Crippen molar-refractivity contribution in [3.05, 3.63) is 35.9 Å². The van der Waals surface area contributed by atoms with Crippen molar-refractivity contribution in [2.75, 3.05) is 6.54 Å². The van der Waals surface area contributed by atoms with Crippen LogP contribution in [0.4, 0.5) is 4.79 Å².